The van der Waals surface area contributed by atoms with Crippen molar-refractivity contribution in [2.45, 2.75) is 53.6 Å². The van der Waals surface area contributed by atoms with E-state index in [1.54, 1.807) is 4.90 Å². The molecule has 39 heavy (non-hydrogen) atoms. The van der Waals surface area contributed by atoms with Gasteiger partial charge < -0.3 is 9.64 Å². The van der Waals surface area contributed by atoms with Crippen molar-refractivity contribution in [3.63, 3.8) is 0 Å². The van der Waals surface area contributed by atoms with Gasteiger partial charge in [0, 0.05) is 48.9 Å². The molecule has 8 nitrogen and oxygen atoms in total. The standard InChI is InChI=1S/C31H38N6O2/c1-6-37-23(4)24(19-32-37)20-35(5)31(38)29-27-17-21(2)9-12-28(27)33-30(34-29)26-11-10-25(18-22(26)3)39-16-15-36-13-7-8-14-36/h9-12,17-19H,6-8,13-16,20H2,1-5H3. The first-order chi connectivity index (χ1) is 18.8. The molecule has 0 saturated carbocycles. The maximum absolute atomic E-state index is 13.8. The number of benzene rings is 2. The zero-order valence-corrected chi connectivity index (χ0v) is 23.7. The van der Waals surface area contributed by atoms with Crippen molar-refractivity contribution < 1.29 is 9.53 Å². The van der Waals surface area contributed by atoms with Crippen LogP contribution in [0.15, 0.2) is 42.6 Å². The SMILES string of the molecule is CCn1ncc(CN(C)C(=O)c2nc(-c3ccc(OCCN4CCCC4)cc3C)nc3ccc(C)cc23)c1C. The summed E-state index contributed by atoms with van der Waals surface area (Å²) in [5.41, 5.74) is 6.21. The summed E-state index contributed by atoms with van der Waals surface area (Å²) < 4.78 is 7.98. The fraction of sp³-hybridized carbons (Fsp3) is 0.419. The van der Waals surface area contributed by atoms with Gasteiger partial charge in [-0.1, -0.05) is 11.6 Å². The predicted octanol–water partition coefficient (Wildman–Crippen LogP) is 5.19. The smallest absolute Gasteiger partial charge is 0.273 e. The maximum atomic E-state index is 13.8. The summed E-state index contributed by atoms with van der Waals surface area (Å²) in [7, 11) is 1.81. The lowest BCUT2D eigenvalue weighted by Crippen LogP contribution is -2.28. The van der Waals surface area contributed by atoms with Gasteiger partial charge in [-0.05, 0) is 89.5 Å². The normalized spacial score (nSPS) is 13.8. The molecule has 0 bridgehead atoms. The van der Waals surface area contributed by atoms with Crippen molar-refractivity contribution in [1.29, 1.82) is 0 Å². The Morgan fingerprint density at radius 2 is 1.85 bits per heavy atom. The number of aromatic nitrogens is 4. The summed E-state index contributed by atoms with van der Waals surface area (Å²) in [5.74, 6) is 1.24. The molecule has 3 heterocycles. The number of likely N-dealkylation sites (tertiary alicyclic amines) is 1. The summed E-state index contributed by atoms with van der Waals surface area (Å²) in [6.45, 7) is 13.4. The molecule has 0 unspecified atom stereocenters. The van der Waals surface area contributed by atoms with Gasteiger partial charge in [0.15, 0.2) is 5.82 Å². The Morgan fingerprint density at radius 3 is 2.56 bits per heavy atom. The molecule has 1 amide bonds. The van der Waals surface area contributed by atoms with E-state index in [2.05, 4.69) is 16.9 Å². The molecular weight excluding hydrogens is 488 g/mol. The highest BCUT2D eigenvalue weighted by Gasteiger charge is 2.22. The van der Waals surface area contributed by atoms with Crippen LogP contribution in [-0.2, 0) is 13.1 Å². The summed E-state index contributed by atoms with van der Waals surface area (Å²) in [4.78, 5) is 27.7. The molecule has 0 N–H and O–H groups in total. The number of carbonyl (C=O) groups excluding carboxylic acids is 1. The fourth-order valence-electron chi connectivity index (χ4n) is 5.27. The monoisotopic (exact) mass is 526 g/mol. The summed E-state index contributed by atoms with van der Waals surface area (Å²) in [6.07, 6.45) is 4.40. The molecule has 0 radical (unpaired) electrons. The van der Waals surface area contributed by atoms with Gasteiger partial charge in [0.25, 0.3) is 5.91 Å². The molecule has 204 valence electrons. The van der Waals surface area contributed by atoms with Gasteiger partial charge in [0.2, 0.25) is 0 Å². The minimum Gasteiger partial charge on any atom is -0.492 e. The number of ether oxygens (including phenoxy) is 1. The van der Waals surface area contributed by atoms with Gasteiger partial charge in [0.05, 0.1) is 11.7 Å². The topological polar surface area (TPSA) is 76.4 Å². The van der Waals surface area contributed by atoms with E-state index in [1.165, 1.54) is 25.9 Å². The van der Waals surface area contributed by atoms with Crippen LogP contribution in [0.5, 0.6) is 5.75 Å². The lowest BCUT2D eigenvalue weighted by molar-refractivity contribution is 0.0781. The van der Waals surface area contributed by atoms with E-state index in [0.29, 0.717) is 24.7 Å². The van der Waals surface area contributed by atoms with Crippen LogP contribution in [0.3, 0.4) is 0 Å². The molecule has 1 aliphatic heterocycles. The third-order valence-electron chi connectivity index (χ3n) is 7.63. The Morgan fingerprint density at radius 1 is 1.05 bits per heavy atom. The Hall–Kier alpha value is -3.78. The molecule has 0 atom stereocenters. The fourth-order valence-corrected chi connectivity index (χ4v) is 5.27. The van der Waals surface area contributed by atoms with Gasteiger partial charge in [-0.15, -0.1) is 0 Å². The first kappa shape index (κ1) is 26.8. The van der Waals surface area contributed by atoms with Crippen molar-refractivity contribution in [2.24, 2.45) is 0 Å². The highest BCUT2D eigenvalue weighted by Crippen LogP contribution is 2.28. The first-order valence-corrected chi connectivity index (χ1v) is 13.9. The molecule has 1 fully saturated rings. The number of fused-ring (bicyclic) bond motifs is 1. The summed E-state index contributed by atoms with van der Waals surface area (Å²) >= 11 is 0. The van der Waals surface area contributed by atoms with E-state index < -0.39 is 0 Å². The number of amides is 1. The Balaban J connectivity index is 1.42. The summed E-state index contributed by atoms with van der Waals surface area (Å²) in [5, 5.41) is 5.19. The quantitative estimate of drug-likeness (QED) is 0.299. The van der Waals surface area contributed by atoms with Crippen molar-refractivity contribution >= 4 is 16.8 Å². The predicted molar refractivity (Wildman–Crippen MR) is 154 cm³/mol. The van der Waals surface area contributed by atoms with Crippen LogP contribution in [0.25, 0.3) is 22.3 Å². The van der Waals surface area contributed by atoms with Crippen LogP contribution in [-0.4, -0.2) is 68.7 Å². The lowest BCUT2D eigenvalue weighted by atomic mass is 10.1. The lowest BCUT2D eigenvalue weighted by Gasteiger charge is -2.19. The molecule has 0 spiro atoms. The molecule has 8 heteroatoms. The van der Waals surface area contributed by atoms with E-state index in [-0.39, 0.29) is 5.91 Å². The molecule has 2 aromatic carbocycles. The largest absolute Gasteiger partial charge is 0.492 e. The number of hydrogen-bond donors (Lipinski definition) is 0. The Kier molecular flexibility index (Phi) is 7.93. The molecule has 0 aliphatic carbocycles. The highest BCUT2D eigenvalue weighted by atomic mass is 16.5. The zero-order chi connectivity index (χ0) is 27.5. The van der Waals surface area contributed by atoms with Crippen LogP contribution in [0.1, 0.15) is 52.6 Å². The van der Waals surface area contributed by atoms with Crippen molar-refractivity contribution in [1.82, 2.24) is 29.5 Å². The van der Waals surface area contributed by atoms with Crippen LogP contribution in [0.2, 0.25) is 0 Å². The van der Waals surface area contributed by atoms with Crippen molar-refractivity contribution in [2.75, 3.05) is 33.3 Å². The van der Waals surface area contributed by atoms with Gasteiger partial charge in [-0.25, -0.2) is 9.97 Å². The van der Waals surface area contributed by atoms with Crippen molar-refractivity contribution in [3.05, 3.63) is 70.7 Å². The molecule has 5 rings (SSSR count). The zero-order valence-electron chi connectivity index (χ0n) is 23.7. The molecule has 1 saturated heterocycles. The van der Waals surface area contributed by atoms with Crippen LogP contribution in [0, 0.1) is 20.8 Å². The van der Waals surface area contributed by atoms with Crippen LogP contribution < -0.4 is 4.74 Å². The Labute approximate surface area is 230 Å². The molecule has 4 aromatic rings. The third kappa shape index (κ3) is 5.81. The molecular formula is C31H38N6O2. The Bertz CT molecular complexity index is 1490. The second-order valence-electron chi connectivity index (χ2n) is 10.5. The second-order valence-corrected chi connectivity index (χ2v) is 10.5. The second kappa shape index (κ2) is 11.5. The van der Waals surface area contributed by atoms with Gasteiger partial charge in [-0.2, -0.15) is 5.10 Å². The maximum Gasteiger partial charge on any atom is 0.273 e. The summed E-state index contributed by atoms with van der Waals surface area (Å²) in [6, 6.07) is 12.0. The van der Waals surface area contributed by atoms with Gasteiger partial charge in [0.1, 0.15) is 18.1 Å². The van der Waals surface area contributed by atoms with E-state index in [9.17, 15) is 4.79 Å². The minimum absolute atomic E-state index is 0.141. The minimum atomic E-state index is -0.141. The number of aryl methyl sites for hydroxylation is 3. The molecule has 1 aliphatic rings. The molecule has 2 aromatic heterocycles. The average molecular weight is 527 g/mol. The number of carbonyl (C=O) groups is 1. The van der Waals surface area contributed by atoms with Gasteiger partial charge >= 0.3 is 0 Å². The number of hydrogen-bond acceptors (Lipinski definition) is 6. The van der Waals surface area contributed by atoms with E-state index in [0.717, 1.165) is 57.7 Å². The van der Waals surface area contributed by atoms with E-state index in [1.807, 2.05) is 75.1 Å². The van der Waals surface area contributed by atoms with Crippen LogP contribution >= 0.6 is 0 Å². The first-order valence-electron chi connectivity index (χ1n) is 13.9. The number of nitrogens with zero attached hydrogens (tertiary/aromatic N) is 6. The van der Waals surface area contributed by atoms with Gasteiger partial charge in [-0.3, -0.25) is 14.4 Å². The van der Waals surface area contributed by atoms with Crippen molar-refractivity contribution in [3.8, 4) is 17.1 Å². The third-order valence-corrected chi connectivity index (χ3v) is 7.63. The average Bonchev–Trinajstić information content (AvgIpc) is 3.57. The van der Waals surface area contributed by atoms with Crippen LogP contribution in [0.4, 0.5) is 0 Å². The number of rotatable bonds is 9. The highest BCUT2D eigenvalue weighted by molar-refractivity contribution is 6.05. The van der Waals surface area contributed by atoms with E-state index >= 15 is 0 Å². The van der Waals surface area contributed by atoms with E-state index in [4.69, 9.17) is 14.7 Å².